The summed E-state index contributed by atoms with van der Waals surface area (Å²) < 4.78 is 4.89. The standard InChI is InChI=1S/C25H21NO2/c1-28-25(27)20-13-15-24-22(16-20)23(17-26-24)21(19-10-6-3-7-11-19)14-12-18-8-4-2-5-9-18/h2-17,21,26H,1H3/b14-12+. The molecule has 1 unspecified atom stereocenters. The number of H-pyrrole nitrogens is 1. The van der Waals surface area contributed by atoms with Crippen LogP contribution in [0.1, 0.15) is 33.0 Å². The van der Waals surface area contributed by atoms with Crippen molar-refractivity contribution in [2.75, 3.05) is 7.11 Å². The second-order valence-electron chi connectivity index (χ2n) is 6.65. The summed E-state index contributed by atoms with van der Waals surface area (Å²) in [6.07, 6.45) is 6.37. The van der Waals surface area contributed by atoms with E-state index < -0.39 is 0 Å². The van der Waals surface area contributed by atoms with Crippen molar-refractivity contribution in [3.63, 3.8) is 0 Å². The third kappa shape index (κ3) is 3.60. The molecular formula is C25H21NO2. The fourth-order valence-corrected chi connectivity index (χ4v) is 3.47. The zero-order valence-corrected chi connectivity index (χ0v) is 15.6. The van der Waals surface area contributed by atoms with Crippen molar-refractivity contribution in [3.05, 3.63) is 113 Å². The molecule has 0 saturated heterocycles. The molecule has 0 spiro atoms. The van der Waals surface area contributed by atoms with Gasteiger partial charge in [0.15, 0.2) is 0 Å². The third-order valence-corrected chi connectivity index (χ3v) is 4.91. The van der Waals surface area contributed by atoms with Crippen LogP contribution in [0.25, 0.3) is 17.0 Å². The Morgan fingerprint density at radius 3 is 2.39 bits per heavy atom. The van der Waals surface area contributed by atoms with Crippen LogP contribution in [0.3, 0.4) is 0 Å². The van der Waals surface area contributed by atoms with Gasteiger partial charge >= 0.3 is 5.97 Å². The summed E-state index contributed by atoms with van der Waals surface area (Å²) in [5.41, 5.74) is 5.02. The van der Waals surface area contributed by atoms with E-state index in [4.69, 9.17) is 4.74 Å². The molecule has 1 aromatic heterocycles. The van der Waals surface area contributed by atoms with E-state index in [0.29, 0.717) is 5.56 Å². The number of aromatic amines is 1. The molecule has 3 nitrogen and oxygen atoms in total. The number of allylic oxidation sites excluding steroid dienone is 1. The monoisotopic (exact) mass is 367 g/mol. The number of rotatable bonds is 5. The minimum absolute atomic E-state index is 0.0584. The van der Waals surface area contributed by atoms with Crippen LogP contribution >= 0.6 is 0 Å². The number of methoxy groups -OCH3 is 1. The predicted octanol–water partition coefficient (Wildman–Crippen LogP) is 5.80. The number of benzene rings is 3. The van der Waals surface area contributed by atoms with E-state index in [1.165, 1.54) is 12.7 Å². The number of hydrogen-bond acceptors (Lipinski definition) is 2. The van der Waals surface area contributed by atoms with Gasteiger partial charge in [0.1, 0.15) is 0 Å². The van der Waals surface area contributed by atoms with Crippen LogP contribution in [0.15, 0.2) is 91.1 Å². The molecule has 0 amide bonds. The summed E-state index contributed by atoms with van der Waals surface area (Å²) in [6.45, 7) is 0. The fourth-order valence-electron chi connectivity index (χ4n) is 3.47. The van der Waals surface area contributed by atoms with Crippen molar-refractivity contribution in [1.29, 1.82) is 0 Å². The highest BCUT2D eigenvalue weighted by atomic mass is 16.5. The van der Waals surface area contributed by atoms with E-state index in [-0.39, 0.29) is 11.9 Å². The molecule has 0 saturated carbocycles. The van der Waals surface area contributed by atoms with E-state index in [2.05, 4.69) is 41.4 Å². The molecule has 28 heavy (non-hydrogen) atoms. The van der Waals surface area contributed by atoms with Crippen molar-refractivity contribution in [2.45, 2.75) is 5.92 Å². The van der Waals surface area contributed by atoms with Gasteiger partial charge in [-0.05, 0) is 34.9 Å². The van der Waals surface area contributed by atoms with Gasteiger partial charge in [0.2, 0.25) is 0 Å². The molecule has 0 bridgehead atoms. The van der Waals surface area contributed by atoms with Gasteiger partial charge in [-0.15, -0.1) is 0 Å². The molecule has 0 radical (unpaired) electrons. The summed E-state index contributed by atoms with van der Waals surface area (Å²) in [5, 5.41) is 1.02. The molecule has 4 aromatic rings. The fraction of sp³-hybridized carbons (Fsp3) is 0.0800. The van der Waals surface area contributed by atoms with Crippen LogP contribution < -0.4 is 0 Å². The molecule has 0 aliphatic heterocycles. The molecule has 3 aromatic carbocycles. The second kappa shape index (κ2) is 7.97. The molecule has 0 aliphatic rings. The number of carbonyl (C=O) groups excluding carboxylic acids is 1. The first kappa shape index (κ1) is 17.8. The maximum absolute atomic E-state index is 12.0. The van der Waals surface area contributed by atoms with Crippen molar-refractivity contribution in [3.8, 4) is 0 Å². The first-order valence-corrected chi connectivity index (χ1v) is 9.24. The lowest BCUT2D eigenvalue weighted by molar-refractivity contribution is 0.0601. The Morgan fingerprint density at radius 2 is 1.68 bits per heavy atom. The van der Waals surface area contributed by atoms with E-state index in [0.717, 1.165) is 22.0 Å². The van der Waals surface area contributed by atoms with Gasteiger partial charge < -0.3 is 9.72 Å². The highest BCUT2D eigenvalue weighted by Crippen LogP contribution is 2.33. The zero-order chi connectivity index (χ0) is 19.3. The smallest absolute Gasteiger partial charge is 0.337 e. The van der Waals surface area contributed by atoms with Gasteiger partial charge in [0.05, 0.1) is 12.7 Å². The molecule has 138 valence electrons. The average molecular weight is 367 g/mol. The summed E-state index contributed by atoms with van der Waals surface area (Å²) in [7, 11) is 1.40. The predicted molar refractivity (Wildman–Crippen MR) is 113 cm³/mol. The lowest BCUT2D eigenvalue weighted by Crippen LogP contribution is -2.01. The third-order valence-electron chi connectivity index (χ3n) is 4.91. The number of esters is 1. The zero-order valence-electron chi connectivity index (χ0n) is 15.6. The van der Waals surface area contributed by atoms with Crippen LogP contribution in [0.5, 0.6) is 0 Å². The lowest BCUT2D eigenvalue weighted by atomic mass is 9.90. The number of hydrogen-bond donors (Lipinski definition) is 1. The van der Waals surface area contributed by atoms with Crippen molar-refractivity contribution < 1.29 is 9.53 Å². The molecular weight excluding hydrogens is 346 g/mol. The quantitative estimate of drug-likeness (QED) is 0.453. The van der Waals surface area contributed by atoms with E-state index in [1.807, 2.05) is 54.7 Å². The molecule has 1 N–H and O–H groups in total. The van der Waals surface area contributed by atoms with Crippen molar-refractivity contribution in [2.24, 2.45) is 0 Å². The van der Waals surface area contributed by atoms with Crippen LogP contribution in [0.4, 0.5) is 0 Å². The van der Waals surface area contributed by atoms with Crippen molar-refractivity contribution in [1.82, 2.24) is 4.98 Å². The Hall–Kier alpha value is -3.59. The number of fused-ring (bicyclic) bond motifs is 1. The molecule has 0 fully saturated rings. The van der Waals surface area contributed by atoms with E-state index in [1.54, 1.807) is 6.07 Å². The Kier molecular flexibility index (Phi) is 5.07. The van der Waals surface area contributed by atoms with Crippen LogP contribution in [-0.4, -0.2) is 18.1 Å². The van der Waals surface area contributed by atoms with Crippen molar-refractivity contribution >= 4 is 22.9 Å². The first-order chi connectivity index (χ1) is 13.8. The maximum Gasteiger partial charge on any atom is 0.337 e. The van der Waals surface area contributed by atoms with E-state index in [9.17, 15) is 4.79 Å². The minimum atomic E-state index is -0.329. The number of ether oxygens (including phenoxy) is 1. The van der Waals surface area contributed by atoms with Gasteiger partial charge in [0, 0.05) is 23.0 Å². The highest BCUT2D eigenvalue weighted by Gasteiger charge is 2.17. The largest absolute Gasteiger partial charge is 0.465 e. The SMILES string of the molecule is COC(=O)c1ccc2[nH]cc(C(/C=C/c3ccccc3)c3ccccc3)c2c1. The normalized spacial score (nSPS) is 12.3. The topological polar surface area (TPSA) is 42.1 Å². The Labute approximate surface area is 164 Å². The highest BCUT2D eigenvalue weighted by molar-refractivity contribution is 5.96. The van der Waals surface area contributed by atoms with Gasteiger partial charge in [-0.1, -0.05) is 72.8 Å². The lowest BCUT2D eigenvalue weighted by Gasteiger charge is -2.13. The summed E-state index contributed by atoms with van der Waals surface area (Å²) in [6, 6.07) is 26.2. The number of aromatic nitrogens is 1. The maximum atomic E-state index is 12.0. The second-order valence-corrected chi connectivity index (χ2v) is 6.65. The number of carbonyl (C=O) groups is 1. The van der Waals surface area contributed by atoms with E-state index >= 15 is 0 Å². The molecule has 1 atom stereocenters. The van der Waals surface area contributed by atoms with Gasteiger partial charge in [-0.3, -0.25) is 0 Å². The number of nitrogens with one attached hydrogen (secondary N) is 1. The molecule has 3 heteroatoms. The van der Waals surface area contributed by atoms with Gasteiger partial charge in [-0.25, -0.2) is 4.79 Å². The van der Waals surface area contributed by atoms with Crippen LogP contribution in [-0.2, 0) is 4.74 Å². The summed E-state index contributed by atoms with van der Waals surface area (Å²) in [5.74, 6) is -0.270. The Morgan fingerprint density at radius 1 is 0.964 bits per heavy atom. The summed E-state index contributed by atoms with van der Waals surface area (Å²) >= 11 is 0. The summed E-state index contributed by atoms with van der Waals surface area (Å²) in [4.78, 5) is 15.3. The van der Waals surface area contributed by atoms with Gasteiger partial charge in [-0.2, -0.15) is 0 Å². The van der Waals surface area contributed by atoms with Crippen LogP contribution in [0, 0.1) is 0 Å². The Bertz CT molecular complexity index is 1110. The Balaban J connectivity index is 1.82. The molecule has 0 aliphatic carbocycles. The van der Waals surface area contributed by atoms with Gasteiger partial charge in [0.25, 0.3) is 0 Å². The van der Waals surface area contributed by atoms with Crippen LogP contribution in [0.2, 0.25) is 0 Å². The average Bonchev–Trinajstić information content (AvgIpc) is 3.18. The molecule has 4 rings (SSSR count). The minimum Gasteiger partial charge on any atom is -0.465 e. The first-order valence-electron chi connectivity index (χ1n) is 9.24. The molecule has 1 heterocycles.